The minimum absolute atomic E-state index is 0.135. The van der Waals surface area contributed by atoms with Crippen molar-refractivity contribution >= 4 is 49.5 Å². The highest BCUT2D eigenvalue weighted by Gasteiger charge is 2.23. The summed E-state index contributed by atoms with van der Waals surface area (Å²) in [6.45, 7) is 6.27. The van der Waals surface area contributed by atoms with Gasteiger partial charge >= 0.3 is 0 Å². The van der Waals surface area contributed by atoms with E-state index in [4.69, 9.17) is 0 Å². The van der Waals surface area contributed by atoms with E-state index in [1.54, 1.807) is 28.7 Å². The number of aromatic amines is 1. The normalized spacial score (nSPS) is 12.3. The molecule has 0 radical (unpaired) electrons. The first kappa shape index (κ1) is 23.4. The Hall–Kier alpha value is -3.35. The molecule has 0 aliphatic heterocycles. The first-order valence-electron chi connectivity index (χ1n) is 11.1. The summed E-state index contributed by atoms with van der Waals surface area (Å²) >= 11 is 1.32. The molecular weight excluding hydrogens is 486 g/mol. The molecule has 0 aliphatic rings. The van der Waals surface area contributed by atoms with Gasteiger partial charge in [-0.15, -0.1) is 10.2 Å². The van der Waals surface area contributed by atoms with E-state index < -0.39 is 10.0 Å². The van der Waals surface area contributed by atoms with Gasteiger partial charge < -0.3 is 4.98 Å². The van der Waals surface area contributed by atoms with Crippen molar-refractivity contribution in [1.82, 2.24) is 33.9 Å². The Labute approximate surface area is 205 Å². The first-order chi connectivity index (χ1) is 16.8. The van der Waals surface area contributed by atoms with E-state index in [0.29, 0.717) is 51.9 Å². The van der Waals surface area contributed by atoms with Gasteiger partial charge in [-0.05, 0) is 37.3 Å². The maximum absolute atomic E-state index is 12.9. The van der Waals surface area contributed by atoms with Crippen LogP contribution < -0.4 is 5.56 Å². The molecule has 4 aromatic heterocycles. The lowest BCUT2D eigenvalue weighted by molar-refractivity contribution is 0.445. The van der Waals surface area contributed by atoms with Gasteiger partial charge in [-0.2, -0.15) is 4.31 Å². The molecule has 12 heteroatoms. The van der Waals surface area contributed by atoms with Gasteiger partial charge in [0.15, 0.2) is 5.65 Å². The molecule has 4 heterocycles. The summed E-state index contributed by atoms with van der Waals surface area (Å²) < 4.78 is 28.8. The number of sulfonamides is 1. The number of hydrogen-bond acceptors (Lipinski definition) is 8. The third-order valence-corrected chi connectivity index (χ3v) is 8.71. The van der Waals surface area contributed by atoms with Crippen LogP contribution in [0.2, 0.25) is 0 Å². The average Bonchev–Trinajstić information content (AvgIpc) is 3.20. The fourth-order valence-corrected chi connectivity index (χ4v) is 6.21. The van der Waals surface area contributed by atoms with Crippen molar-refractivity contribution in [2.24, 2.45) is 0 Å². The Morgan fingerprint density at radius 3 is 2.63 bits per heavy atom. The molecule has 180 valence electrons. The van der Waals surface area contributed by atoms with E-state index in [0.717, 1.165) is 11.2 Å². The lowest BCUT2D eigenvalue weighted by Gasteiger charge is -2.18. The molecule has 0 aliphatic carbocycles. The summed E-state index contributed by atoms with van der Waals surface area (Å²) in [5, 5.41) is 9.59. The Balaban J connectivity index is 1.45. The molecule has 0 atom stereocenters. The van der Waals surface area contributed by atoms with Gasteiger partial charge in [-0.25, -0.2) is 18.4 Å². The molecule has 0 spiro atoms. The van der Waals surface area contributed by atoms with Crippen molar-refractivity contribution in [1.29, 1.82) is 0 Å². The highest BCUT2D eigenvalue weighted by atomic mass is 32.2. The van der Waals surface area contributed by atoms with Crippen molar-refractivity contribution in [3.63, 3.8) is 0 Å². The van der Waals surface area contributed by atoms with E-state index >= 15 is 0 Å². The average molecular weight is 510 g/mol. The number of benzene rings is 1. The van der Waals surface area contributed by atoms with Gasteiger partial charge in [0.05, 0.1) is 10.6 Å². The SMILES string of the molecule is CCN(CC)S(=O)(=O)c1ccc2[nH]c3nc(SCc4cc(=O)n5c(C)cccc5n4)nnc3c2c1. The van der Waals surface area contributed by atoms with Crippen molar-refractivity contribution in [3.8, 4) is 0 Å². The second-order valence-electron chi connectivity index (χ2n) is 7.95. The van der Waals surface area contributed by atoms with Gasteiger partial charge in [0.2, 0.25) is 15.2 Å². The van der Waals surface area contributed by atoms with E-state index in [1.165, 1.54) is 22.1 Å². The Kier molecular flexibility index (Phi) is 6.03. The minimum atomic E-state index is -3.60. The number of aromatic nitrogens is 6. The molecular formula is C23H23N7O3S2. The smallest absolute Gasteiger partial charge is 0.258 e. The second kappa shape index (κ2) is 9.02. The maximum atomic E-state index is 12.9. The molecule has 1 N–H and O–H groups in total. The number of nitrogens with zero attached hydrogens (tertiary/aromatic N) is 6. The van der Waals surface area contributed by atoms with Crippen molar-refractivity contribution in [3.05, 3.63) is 64.2 Å². The zero-order chi connectivity index (χ0) is 24.7. The van der Waals surface area contributed by atoms with Crippen LogP contribution in [0.4, 0.5) is 0 Å². The molecule has 5 aromatic rings. The maximum Gasteiger partial charge on any atom is 0.258 e. The number of fused-ring (bicyclic) bond motifs is 4. The summed E-state index contributed by atoms with van der Waals surface area (Å²) in [6, 6.07) is 12.0. The quantitative estimate of drug-likeness (QED) is 0.332. The van der Waals surface area contributed by atoms with E-state index in [2.05, 4.69) is 25.1 Å². The highest BCUT2D eigenvalue weighted by Crippen LogP contribution is 2.28. The standard InChI is InChI=1S/C23H23N7O3S2/c1-4-29(5-2)35(32,33)16-9-10-18-17(12-16)21-22(25-18)26-23(28-27-21)34-13-15-11-20(31)30-14(3)7-6-8-19(30)24-15/h6-12H,4-5,13H2,1-3H3,(H,25,26,28). The van der Waals surface area contributed by atoms with Crippen LogP contribution in [0.1, 0.15) is 25.2 Å². The number of H-pyrrole nitrogens is 1. The Morgan fingerprint density at radius 1 is 1.06 bits per heavy atom. The molecule has 5 rings (SSSR count). The summed E-state index contributed by atoms with van der Waals surface area (Å²) in [5.74, 6) is 0.402. The zero-order valence-corrected chi connectivity index (χ0v) is 21.0. The van der Waals surface area contributed by atoms with Crippen molar-refractivity contribution in [2.45, 2.75) is 36.6 Å². The largest absolute Gasteiger partial charge is 0.338 e. The number of thioether (sulfide) groups is 1. The molecule has 0 unspecified atom stereocenters. The lowest BCUT2D eigenvalue weighted by Crippen LogP contribution is -2.30. The van der Waals surface area contributed by atoms with E-state index in [-0.39, 0.29) is 10.5 Å². The van der Waals surface area contributed by atoms with Gasteiger partial charge in [-0.3, -0.25) is 9.20 Å². The summed E-state index contributed by atoms with van der Waals surface area (Å²) in [5.41, 5.74) is 3.64. The summed E-state index contributed by atoms with van der Waals surface area (Å²) in [4.78, 5) is 25.0. The highest BCUT2D eigenvalue weighted by molar-refractivity contribution is 7.98. The number of rotatable bonds is 7. The minimum Gasteiger partial charge on any atom is -0.338 e. The fraction of sp³-hybridized carbons (Fsp3) is 0.261. The zero-order valence-electron chi connectivity index (χ0n) is 19.4. The Bertz CT molecular complexity index is 1740. The van der Waals surface area contributed by atoms with E-state index in [1.807, 2.05) is 32.9 Å². The van der Waals surface area contributed by atoms with Crippen LogP contribution >= 0.6 is 11.8 Å². The van der Waals surface area contributed by atoms with Crippen LogP contribution in [-0.2, 0) is 15.8 Å². The number of aryl methyl sites for hydroxylation is 1. The molecule has 0 fully saturated rings. The number of pyridine rings is 1. The molecule has 0 saturated carbocycles. The van der Waals surface area contributed by atoms with Crippen LogP contribution in [0.5, 0.6) is 0 Å². The van der Waals surface area contributed by atoms with Crippen LogP contribution in [0.15, 0.2) is 57.3 Å². The van der Waals surface area contributed by atoms with Gasteiger partial charge in [0, 0.05) is 41.5 Å². The van der Waals surface area contributed by atoms with Crippen molar-refractivity contribution in [2.75, 3.05) is 13.1 Å². The number of hydrogen-bond donors (Lipinski definition) is 1. The van der Waals surface area contributed by atoms with Crippen LogP contribution in [0, 0.1) is 6.92 Å². The molecule has 0 amide bonds. The van der Waals surface area contributed by atoms with Crippen molar-refractivity contribution < 1.29 is 8.42 Å². The predicted octanol–water partition coefficient (Wildman–Crippen LogP) is 3.15. The van der Waals surface area contributed by atoms with Gasteiger partial charge in [0.1, 0.15) is 11.2 Å². The van der Waals surface area contributed by atoms with Crippen LogP contribution in [0.3, 0.4) is 0 Å². The van der Waals surface area contributed by atoms with Gasteiger partial charge in [0.25, 0.3) is 5.56 Å². The predicted molar refractivity (Wildman–Crippen MR) is 135 cm³/mol. The molecule has 0 saturated heterocycles. The summed E-state index contributed by atoms with van der Waals surface area (Å²) in [7, 11) is -3.60. The summed E-state index contributed by atoms with van der Waals surface area (Å²) in [6.07, 6.45) is 0. The Morgan fingerprint density at radius 2 is 1.86 bits per heavy atom. The van der Waals surface area contributed by atoms with Crippen LogP contribution in [0.25, 0.3) is 27.7 Å². The van der Waals surface area contributed by atoms with E-state index in [9.17, 15) is 13.2 Å². The molecule has 1 aromatic carbocycles. The second-order valence-corrected chi connectivity index (χ2v) is 10.8. The number of nitrogens with one attached hydrogen (secondary N) is 1. The van der Waals surface area contributed by atoms with Crippen LogP contribution in [-0.4, -0.2) is 55.4 Å². The molecule has 0 bridgehead atoms. The third kappa shape index (κ3) is 4.17. The first-order valence-corrected chi connectivity index (χ1v) is 13.5. The molecule has 10 nitrogen and oxygen atoms in total. The third-order valence-electron chi connectivity index (χ3n) is 5.79. The topological polar surface area (TPSA) is 126 Å². The molecule has 35 heavy (non-hydrogen) atoms. The lowest BCUT2D eigenvalue weighted by atomic mass is 10.2. The monoisotopic (exact) mass is 509 g/mol. The fourth-order valence-electron chi connectivity index (χ4n) is 4.05. The van der Waals surface area contributed by atoms with Gasteiger partial charge in [-0.1, -0.05) is 31.7 Å².